The molecule has 1 aliphatic heterocycles. The minimum atomic E-state index is -0.811. The Kier molecular flexibility index (Phi) is 3.99. The number of rotatable bonds is 3. The third-order valence-electron chi connectivity index (χ3n) is 4.95. The van der Waals surface area contributed by atoms with Crippen LogP contribution in [0.15, 0.2) is 59.0 Å². The maximum Gasteiger partial charge on any atom is 0.339 e. The highest BCUT2D eigenvalue weighted by molar-refractivity contribution is 5.95. The van der Waals surface area contributed by atoms with Gasteiger partial charge in [-0.2, -0.15) is 0 Å². The molecule has 5 heteroatoms. The Morgan fingerprint density at radius 2 is 1.88 bits per heavy atom. The van der Waals surface area contributed by atoms with Crippen LogP contribution in [0.1, 0.15) is 34.6 Å². The Labute approximate surface area is 151 Å². The van der Waals surface area contributed by atoms with Crippen LogP contribution >= 0.6 is 0 Å². The van der Waals surface area contributed by atoms with Crippen molar-refractivity contribution in [2.24, 2.45) is 0 Å². The molecule has 5 nitrogen and oxygen atoms in total. The van der Waals surface area contributed by atoms with Crippen LogP contribution in [-0.4, -0.2) is 29.9 Å². The van der Waals surface area contributed by atoms with Crippen molar-refractivity contribution in [3.63, 3.8) is 0 Å². The van der Waals surface area contributed by atoms with Crippen molar-refractivity contribution < 1.29 is 18.7 Å². The fourth-order valence-corrected chi connectivity index (χ4v) is 3.29. The zero-order valence-corrected chi connectivity index (χ0v) is 14.6. The molecule has 0 bridgehead atoms. The summed E-state index contributed by atoms with van der Waals surface area (Å²) < 4.78 is 11.2. The highest BCUT2D eigenvalue weighted by Gasteiger charge is 2.34. The van der Waals surface area contributed by atoms with Gasteiger partial charge in [0.1, 0.15) is 11.3 Å². The molecule has 2 heterocycles. The average Bonchev–Trinajstić information content (AvgIpc) is 3.10. The first-order chi connectivity index (χ1) is 12.5. The lowest BCUT2D eigenvalue weighted by atomic mass is 9.98. The first-order valence-electron chi connectivity index (χ1n) is 8.58. The van der Waals surface area contributed by atoms with E-state index in [-0.39, 0.29) is 11.9 Å². The van der Waals surface area contributed by atoms with Crippen LogP contribution in [0, 0.1) is 0 Å². The predicted octanol–water partition coefficient (Wildman–Crippen LogP) is 3.73. The average molecular weight is 349 g/mol. The van der Waals surface area contributed by atoms with E-state index in [2.05, 4.69) is 0 Å². The van der Waals surface area contributed by atoms with Gasteiger partial charge in [0, 0.05) is 18.9 Å². The lowest BCUT2D eigenvalue weighted by molar-refractivity contribution is -0.142. The van der Waals surface area contributed by atoms with Crippen molar-refractivity contribution in [3.05, 3.63) is 71.5 Å². The summed E-state index contributed by atoms with van der Waals surface area (Å²) in [7, 11) is 1.70. The molecule has 1 aromatic heterocycles. The molecule has 0 spiro atoms. The van der Waals surface area contributed by atoms with Gasteiger partial charge in [0.05, 0.1) is 11.6 Å². The summed E-state index contributed by atoms with van der Waals surface area (Å²) in [6.45, 7) is 1.90. The largest absolute Gasteiger partial charge is 0.459 e. The van der Waals surface area contributed by atoms with Crippen LogP contribution in [0.4, 0.5) is 0 Å². The lowest BCUT2D eigenvalue weighted by Gasteiger charge is -2.30. The third-order valence-corrected chi connectivity index (χ3v) is 4.95. The minimum Gasteiger partial charge on any atom is -0.459 e. The molecule has 2 aromatic carbocycles. The second kappa shape index (κ2) is 6.33. The van der Waals surface area contributed by atoms with Gasteiger partial charge in [0.25, 0.3) is 5.91 Å². The maximum absolute atomic E-state index is 12.9. The second-order valence-corrected chi connectivity index (χ2v) is 6.57. The van der Waals surface area contributed by atoms with Gasteiger partial charge < -0.3 is 14.1 Å². The molecule has 3 aromatic rings. The van der Waals surface area contributed by atoms with Gasteiger partial charge in [-0.05, 0) is 30.7 Å². The number of furan rings is 1. The Morgan fingerprint density at radius 3 is 2.69 bits per heavy atom. The molecule has 0 N–H and O–H groups in total. The molecule has 2 atom stereocenters. The fourth-order valence-electron chi connectivity index (χ4n) is 3.29. The first-order valence-corrected chi connectivity index (χ1v) is 8.58. The molecular weight excluding hydrogens is 330 g/mol. The number of cyclic esters (lactones) is 1. The topological polar surface area (TPSA) is 59.8 Å². The number of benzene rings is 2. The van der Waals surface area contributed by atoms with Gasteiger partial charge in [0.2, 0.25) is 0 Å². The number of ether oxygens (including phenoxy) is 1. The van der Waals surface area contributed by atoms with Crippen LogP contribution in [-0.2, 0) is 16.0 Å². The van der Waals surface area contributed by atoms with Gasteiger partial charge in [0.15, 0.2) is 6.10 Å². The van der Waals surface area contributed by atoms with Crippen molar-refractivity contribution in [3.8, 4) is 0 Å². The molecule has 1 amide bonds. The van der Waals surface area contributed by atoms with E-state index in [0.29, 0.717) is 17.7 Å². The molecule has 4 rings (SSSR count). The van der Waals surface area contributed by atoms with Crippen LogP contribution < -0.4 is 0 Å². The minimum absolute atomic E-state index is 0.235. The number of likely N-dealkylation sites (N-methyl/N-ethyl adjacent to an activating group) is 1. The van der Waals surface area contributed by atoms with E-state index >= 15 is 0 Å². The summed E-state index contributed by atoms with van der Waals surface area (Å²) in [5, 5.41) is 0.994. The number of nitrogens with zero attached hydrogens (tertiary/aromatic N) is 1. The smallest absolute Gasteiger partial charge is 0.339 e. The monoisotopic (exact) mass is 349 g/mol. The van der Waals surface area contributed by atoms with Gasteiger partial charge in [-0.15, -0.1) is 0 Å². The summed E-state index contributed by atoms with van der Waals surface area (Å²) in [6.07, 6.45) is -0.424. The molecule has 0 saturated heterocycles. The molecule has 0 fully saturated rings. The van der Waals surface area contributed by atoms with E-state index < -0.39 is 12.1 Å². The predicted molar refractivity (Wildman–Crippen MR) is 96.7 cm³/mol. The van der Waals surface area contributed by atoms with E-state index in [0.717, 1.165) is 16.5 Å². The standard InChI is InChI=1S/C21H19NO4/c1-13(18-12-15-8-4-6-10-17(15)25-18)22(2)20(23)19-11-14-7-3-5-9-16(14)21(24)26-19/h3-10,12-13,19H,11H2,1-2H3. The van der Waals surface area contributed by atoms with Gasteiger partial charge in [-0.25, -0.2) is 4.79 Å². The van der Waals surface area contributed by atoms with Crippen molar-refractivity contribution in [1.29, 1.82) is 0 Å². The molecule has 1 aliphatic rings. The number of carbonyl (C=O) groups excluding carboxylic acids is 2. The number of carbonyl (C=O) groups is 2. The second-order valence-electron chi connectivity index (χ2n) is 6.57. The molecule has 0 radical (unpaired) electrons. The van der Waals surface area contributed by atoms with Crippen LogP contribution in [0.5, 0.6) is 0 Å². The maximum atomic E-state index is 12.9. The molecule has 0 aliphatic carbocycles. The summed E-state index contributed by atoms with van der Waals surface area (Å²) in [5.74, 6) is 0.0142. The van der Waals surface area contributed by atoms with E-state index in [1.807, 2.05) is 49.4 Å². The van der Waals surface area contributed by atoms with Crippen LogP contribution in [0.2, 0.25) is 0 Å². The van der Waals surface area contributed by atoms with Gasteiger partial charge in [-0.1, -0.05) is 36.4 Å². The molecule has 132 valence electrons. The quantitative estimate of drug-likeness (QED) is 0.676. The van der Waals surface area contributed by atoms with Crippen molar-refractivity contribution in [2.45, 2.75) is 25.5 Å². The zero-order chi connectivity index (χ0) is 18.3. The van der Waals surface area contributed by atoms with Crippen LogP contribution in [0.3, 0.4) is 0 Å². The van der Waals surface area contributed by atoms with E-state index in [1.54, 1.807) is 24.1 Å². The Morgan fingerprint density at radius 1 is 1.15 bits per heavy atom. The summed E-state index contributed by atoms with van der Waals surface area (Å²) >= 11 is 0. The number of para-hydroxylation sites is 1. The number of hydrogen-bond donors (Lipinski definition) is 0. The molecule has 26 heavy (non-hydrogen) atoms. The third kappa shape index (κ3) is 2.75. The van der Waals surface area contributed by atoms with Crippen molar-refractivity contribution >= 4 is 22.8 Å². The summed E-state index contributed by atoms with van der Waals surface area (Å²) in [4.78, 5) is 26.6. The fraction of sp³-hybridized carbons (Fsp3) is 0.238. The molecular formula is C21H19NO4. The lowest BCUT2D eigenvalue weighted by Crippen LogP contribution is -2.43. The highest BCUT2D eigenvalue weighted by Crippen LogP contribution is 2.28. The van der Waals surface area contributed by atoms with E-state index in [4.69, 9.17) is 9.15 Å². The number of esters is 1. The van der Waals surface area contributed by atoms with E-state index in [9.17, 15) is 9.59 Å². The summed E-state index contributed by atoms with van der Waals surface area (Å²) in [6, 6.07) is 16.6. The molecule has 0 saturated carbocycles. The number of amides is 1. The SMILES string of the molecule is CC(c1cc2ccccc2o1)N(C)C(=O)C1Cc2ccccc2C(=O)O1. The number of fused-ring (bicyclic) bond motifs is 2. The van der Waals surface area contributed by atoms with Crippen molar-refractivity contribution in [1.82, 2.24) is 4.90 Å². The molecule has 2 unspecified atom stereocenters. The Bertz CT molecular complexity index is 957. The normalized spacial score (nSPS) is 17.5. The zero-order valence-electron chi connectivity index (χ0n) is 14.6. The van der Waals surface area contributed by atoms with Gasteiger partial charge in [-0.3, -0.25) is 4.79 Å². The first kappa shape index (κ1) is 16.4. The highest BCUT2D eigenvalue weighted by atomic mass is 16.5. The van der Waals surface area contributed by atoms with E-state index in [1.165, 1.54) is 0 Å². The van der Waals surface area contributed by atoms with Crippen LogP contribution in [0.25, 0.3) is 11.0 Å². The van der Waals surface area contributed by atoms with Gasteiger partial charge >= 0.3 is 5.97 Å². The summed E-state index contributed by atoms with van der Waals surface area (Å²) in [5.41, 5.74) is 2.16. The number of hydrogen-bond acceptors (Lipinski definition) is 4. The Balaban J connectivity index is 1.55. The van der Waals surface area contributed by atoms with Crippen molar-refractivity contribution in [2.75, 3.05) is 7.05 Å². The Hall–Kier alpha value is -3.08.